The molecule has 0 saturated heterocycles. The van der Waals surface area contributed by atoms with Gasteiger partial charge in [0.1, 0.15) is 10.4 Å². The SMILES string of the molecule is CN(NC(=O)c1cc2c(NC(=O)c3ccc(Br)cc3)nn(C(=O)OC(C)(C)C)c2s1)c1ccccc1. The number of hydrazine groups is 1. The smallest absolute Gasteiger partial charge is 0.436 e. The number of fused-ring (bicyclic) bond motifs is 1. The van der Waals surface area contributed by atoms with Crippen molar-refractivity contribution < 1.29 is 19.1 Å². The lowest BCUT2D eigenvalue weighted by Gasteiger charge is -2.19. The van der Waals surface area contributed by atoms with E-state index in [0.29, 0.717) is 20.7 Å². The topological polar surface area (TPSA) is 106 Å². The van der Waals surface area contributed by atoms with Crippen LogP contribution in [0.15, 0.2) is 65.1 Å². The maximum absolute atomic E-state index is 13.0. The Hall–Kier alpha value is -3.70. The van der Waals surface area contributed by atoms with Crippen molar-refractivity contribution in [3.63, 3.8) is 0 Å². The number of nitrogens with one attached hydrogen (secondary N) is 2. The number of hydrogen-bond donors (Lipinski definition) is 2. The highest BCUT2D eigenvalue weighted by Crippen LogP contribution is 2.32. The maximum Gasteiger partial charge on any atom is 0.436 e. The molecule has 36 heavy (non-hydrogen) atoms. The second-order valence-corrected chi connectivity index (χ2v) is 10.8. The van der Waals surface area contributed by atoms with Gasteiger partial charge in [0.25, 0.3) is 11.8 Å². The molecule has 0 saturated carbocycles. The van der Waals surface area contributed by atoms with Crippen molar-refractivity contribution in [2.75, 3.05) is 17.4 Å². The standard InChI is InChI=1S/C25H24BrN5O4S/c1-25(2,3)35-24(34)31-23-18(20(28-31)27-21(32)15-10-12-16(26)13-11-15)14-19(36-23)22(33)29-30(4)17-8-6-5-7-9-17/h5-14H,1-4H3,(H,29,33)(H,27,28,32). The summed E-state index contributed by atoms with van der Waals surface area (Å²) in [5.41, 5.74) is 3.26. The van der Waals surface area contributed by atoms with E-state index >= 15 is 0 Å². The van der Waals surface area contributed by atoms with Crippen molar-refractivity contribution in [2.45, 2.75) is 26.4 Å². The molecule has 2 aromatic carbocycles. The number of rotatable bonds is 5. The average molecular weight is 570 g/mol. The minimum atomic E-state index is -0.758. The van der Waals surface area contributed by atoms with E-state index in [-0.39, 0.29) is 11.7 Å². The van der Waals surface area contributed by atoms with E-state index in [4.69, 9.17) is 4.74 Å². The number of thiophene rings is 1. The zero-order valence-corrected chi connectivity index (χ0v) is 22.4. The molecule has 0 spiro atoms. The van der Waals surface area contributed by atoms with E-state index < -0.39 is 17.6 Å². The average Bonchev–Trinajstić information content (AvgIpc) is 3.39. The van der Waals surface area contributed by atoms with Gasteiger partial charge in [-0.05, 0) is 63.2 Å². The summed E-state index contributed by atoms with van der Waals surface area (Å²) in [4.78, 5) is 39.5. The Balaban J connectivity index is 1.67. The summed E-state index contributed by atoms with van der Waals surface area (Å²) in [7, 11) is 1.73. The molecule has 4 aromatic rings. The van der Waals surface area contributed by atoms with E-state index in [9.17, 15) is 14.4 Å². The molecule has 0 bridgehead atoms. The Labute approximate surface area is 220 Å². The minimum Gasteiger partial charge on any atom is -0.442 e. The molecule has 4 rings (SSSR count). The number of ether oxygens (including phenoxy) is 1. The predicted octanol–water partition coefficient (Wildman–Crippen LogP) is 5.68. The van der Waals surface area contributed by atoms with Crippen LogP contribution in [0.1, 0.15) is 40.8 Å². The summed E-state index contributed by atoms with van der Waals surface area (Å²) in [5, 5.41) is 9.09. The molecule has 0 unspecified atom stereocenters. The lowest BCUT2D eigenvalue weighted by molar-refractivity contribution is 0.0523. The maximum atomic E-state index is 13.0. The van der Waals surface area contributed by atoms with Gasteiger partial charge in [-0.3, -0.25) is 20.0 Å². The Morgan fingerprint density at radius 3 is 2.33 bits per heavy atom. The van der Waals surface area contributed by atoms with Crippen LogP contribution in [0.25, 0.3) is 10.2 Å². The summed E-state index contributed by atoms with van der Waals surface area (Å²) < 4.78 is 7.39. The van der Waals surface area contributed by atoms with Gasteiger partial charge in [-0.1, -0.05) is 34.1 Å². The summed E-state index contributed by atoms with van der Waals surface area (Å²) in [5.74, 6) is -0.627. The number of halogens is 1. The van der Waals surface area contributed by atoms with Gasteiger partial charge in [0.05, 0.1) is 16.0 Å². The summed E-state index contributed by atoms with van der Waals surface area (Å²) in [6.45, 7) is 5.23. The first kappa shape index (κ1) is 25.4. The van der Waals surface area contributed by atoms with Crippen molar-refractivity contribution >= 4 is 66.9 Å². The highest BCUT2D eigenvalue weighted by atomic mass is 79.9. The number of aromatic nitrogens is 2. The third-order valence-corrected chi connectivity index (χ3v) is 6.54. The van der Waals surface area contributed by atoms with Crippen LogP contribution >= 0.6 is 27.3 Å². The zero-order valence-electron chi connectivity index (χ0n) is 20.0. The van der Waals surface area contributed by atoms with Gasteiger partial charge in [0.2, 0.25) is 0 Å². The number of carbonyl (C=O) groups excluding carboxylic acids is 3. The number of anilines is 2. The molecule has 186 valence electrons. The van der Waals surface area contributed by atoms with Gasteiger partial charge >= 0.3 is 6.09 Å². The van der Waals surface area contributed by atoms with Gasteiger partial charge in [-0.2, -0.15) is 4.68 Å². The van der Waals surface area contributed by atoms with Crippen molar-refractivity contribution in [1.82, 2.24) is 15.2 Å². The lowest BCUT2D eigenvalue weighted by atomic mass is 10.2. The van der Waals surface area contributed by atoms with E-state index in [2.05, 4.69) is 31.8 Å². The van der Waals surface area contributed by atoms with Gasteiger partial charge in [-0.25, -0.2) is 4.79 Å². The summed E-state index contributed by atoms with van der Waals surface area (Å²) in [6, 6.07) is 17.8. The largest absolute Gasteiger partial charge is 0.442 e. The molecule has 2 heterocycles. The molecule has 0 aliphatic rings. The molecular formula is C25H24BrN5O4S. The van der Waals surface area contributed by atoms with Crippen molar-refractivity contribution in [3.8, 4) is 0 Å². The number of para-hydroxylation sites is 1. The number of hydrogen-bond acceptors (Lipinski definition) is 7. The highest BCUT2D eigenvalue weighted by Gasteiger charge is 2.26. The van der Waals surface area contributed by atoms with Crippen molar-refractivity contribution in [2.24, 2.45) is 0 Å². The number of nitrogens with zero attached hydrogens (tertiary/aromatic N) is 3. The quantitative estimate of drug-likeness (QED) is 0.300. The molecule has 0 atom stereocenters. The van der Waals surface area contributed by atoms with E-state index in [1.54, 1.807) is 63.2 Å². The Kier molecular flexibility index (Phi) is 7.14. The molecule has 2 aromatic heterocycles. The van der Waals surface area contributed by atoms with E-state index in [1.165, 1.54) is 0 Å². The van der Waals surface area contributed by atoms with E-state index in [1.807, 2.05) is 30.3 Å². The molecule has 11 heteroatoms. The molecule has 2 N–H and O–H groups in total. The predicted molar refractivity (Wildman–Crippen MR) is 144 cm³/mol. The van der Waals surface area contributed by atoms with Gasteiger partial charge in [-0.15, -0.1) is 16.4 Å². The van der Waals surface area contributed by atoms with Gasteiger partial charge < -0.3 is 10.1 Å². The Morgan fingerprint density at radius 1 is 1.03 bits per heavy atom. The fourth-order valence-electron chi connectivity index (χ4n) is 3.25. The summed E-state index contributed by atoms with van der Waals surface area (Å²) >= 11 is 4.42. The van der Waals surface area contributed by atoms with Crippen LogP contribution in [0.3, 0.4) is 0 Å². The van der Waals surface area contributed by atoms with Gasteiger partial charge in [0, 0.05) is 17.1 Å². The van der Waals surface area contributed by atoms with Gasteiger partial charge in [0.15, 0.2) is 5.82 Å². The first-order valence-corrected chi connectivity index (χ1v) is 12.6. The van der Waals surface area contributed by atoms with E-state index in [0.717, 1.165) is 26.2 Å². The van der Waals surface area contributed by atoms with Crippen LogP contribution in [0.2, 0.25) is 0 Å². The molecule has 2 amide bonds. The third kappa shape index (κ3) is 5.74. The fraction of sp³-hybridized carbons (Fsp3) is 0.200. The first-order chi connectivity index (χ1) is 17.0. The summed E-state index contributed by atoms with van der Waals surface area (Å²) in [6.07, 6.45) is -0.716. The Morgan fingerprint density at radius 2 is 1.69 bits per heavy atom. The highest BCUT2D eigenvalue weighted by molar-refractivity contribution is 9.10. The van der Waals surface area contributed by atoms with Crippen LogP contribution in [0.4, 0.5) is 16.3 Å². The van der Waals surface area contributed by atoms with Crippen LogP contribution in [0, 0.1) is 0 Å². The lowest BCUT2D eigenvalue weighted by Crippen LogP contribution is -2.38. The zero-order chi connectivity index (χ0) is 26.0. The number of amides is 2. The minimum absolute atomic E-state index is 0.149. The molecule has 0 aliphatic heterocycles. The van der Waals surface area contributed by atoms with Crippen LogP contribution in [-0.4, -0.2) is 40.3 Å². The molecular weight excluding hydrogens is 546 g/mol. The monoisotopic (exact) mass is 569 g/mol. The van der Waals surface area contributed by atoms with Crippen LogP contribution in [0.5, 0.6) is 0 Å². The third-order valence-electron chi connectivity index (χ3n) is 4.90. The van der Waals surface area contributed by atoms with Crippen molar-refractivity contribution in [1.29, 1.82) is 0 Å². The van der Waals surface area contributed by atoms with Crippen LogP contribution < -0.4 is 15.8 Å². The van der Waals surface area contributed by atoms with Crippen molar-refractivity contribution in [3.05, 3.63) is 75.6 Å². The fourth-order valence-corrected chi connectivity index (χ4v) is 4.50. The molecule has 0 radical (unpaired) electrons. The molecule has 0 fully saturated rings. The number of benzene rings is 2. The molecule has 9 nitrogen and oxygen atoms in total. The van der Waals surface area contributed by atoms with Crippen LogP contribution in [-0.2, 0) is 4.74 Å². The second-order valence-electron chi connectivity index (χ2n) is 8.87. The normalized spacial score (nSPS) is 11.2. The second kappa shape index (κ2) is 10.1. The first-order valence-electron chi connectivity index (χ1n) is 10.9. The Bertz CT molecular complexity index is 1420. The number of carbonyl (C=O) groups is 3. The molecule has 0 aliphatic carbocycles.